The number of Topliss-reactive ketones (excluding diaryl/α,β-unsaturated/α-hetero) is 1. The lowest BCUT2D eigenvalue weighted by molar-refractivity contribution is 0.102. The maximum absolute atomic E-state index is 11.6. The van der Waals surface area contributed by atoms with Gasteiger partial charge >= 0.3 is 0 Å². The van der Waals surface area contributed by atoms with E-state index in [1.807, 2.05) is 0 Å². The van der Waals surface area contributed by atoms with Gasteiger partial charge in [0.25, 0.3) is 10.2 Å². The third kappa shape index (κ3) is 3.79. The van der Waals surface area contributed by atoms with E-state index in [2.05, 4.69) is 25.4 Å². The van der Waals surface area contributed by atoms with Crippen molar-refractivity contribution >= 4 is 37.6 Å². The van der Waals surface area contributed by atoms with Crippen LogP contribution in [0.2, 0.25) is 0 Å². The largest absolute Gasteiger partial charge is 0.299 e. The third-order valence-electron chi connectivity index (χ3n) is 2.48. The van der Waals surface area contributed by atoms with Crippen molar-refractivity contribution in [3.63, 3.8) is 0 Å². The van der Waals surface area contributed by atoms with Gasteiger partial charge in [-0.2, -0.15) is 13.1 Å². The molecule has 98 valence electrons. The monoisotopic (exact) mass is 332 g/mol. The number of halogens is 1. The van der Waals surface area contributed by atoms with E-state index in [0.717, 1.165) is 12.8 Å². The molecule has 0 radical (unpaired) electrons. The molecule has 0 spiro atoms. The van der Waals surface area contributed by atoms with Crippen molar-refractivity contribution < 1.29 is 13.2 Å². The molecule has 1 aliphatic carbocycles. The molecule has 0 amide bonds. The number of alkyl halides is 1. The Balaban J connectivity index is 2.03. The van der Waals surface area contributed by atoms with Crippen molar-refractivity contribution in [2.24, 2.45) is 0 Å². The van der Waals surface area contributed by atoms with Crippen LogP contribution < -0.4 is 9.44 Å². The van der Waals surface area contributed by atoms with Crippen LogP contribution in [0, 0.1) is 0 Å². The Morgan fingerprint density at radius 3 is 2.39 bits per heavy atom. The SMILES string of the molecule is O=C(CBr)c1ccc(NS(=O)(=O)NC2CC2)cc1. The van der Waals surface area contributed by atoms with Crippen LogP contribution in [-0.2, 0) is 10.2 Å². The highest BCUT2D eigenvalue weighted by molar-refractivity contribution is 9.09. The number of ketones is 1. The van der Waals surface area contributed by atoms with Crippen molar-refractivity contribution in [3.05, 3.63) is 29.8 Å². The highest BCUT2D eigenvalue weighted by Gasteiger charge is 2.26. The summed E-state index contributed by atoms with van der Waals surface area (Å²) in [6, 6.07) is 6.40. The molecule has 0 aromatic heterocycles. The average Bonchev–Trinajstić information content (AvgIpc) is 3.11. The Hall–Kier alpha value is -0.920. The zero-order valence-corrected chi connectivity index (χ0v) is 11.9. The van der Waals surface area contributed by atoms with Gasteiger partial charge in [-0.3, -0.25) is 9.52 Å². The van der Waals surface area contributed by atoms with Crippen molar-refractivity contribution in [2.75, 3.05) is 10.1 Å². The predicted octanol–water partition coefficient (Wildman–Crippen LogP) is 1.67. The first-order chi connectivity index (χ1) is 8.50. The Labute approximate surface area is 114 Å². The van der Waals surface area contributed by atoms with E-state index in [9.17, 15) is 13.2 Å². The van der Waals surface area contributed by atoms with Crippen molar-refractivity contribution in [1.29, 1.82) is 0 Å². The van der Waals surface area contributed by atoms with Crippen molar-refractivity contribution in [3.8, 4) is 0 Å². The Kier molecular flexibility index (Phi) is 4.04. The molecule has 0 bridgehead atoms. The van der Waals surface area contributed by atoms with Gasteiger partial charge in [-0.15, -0.1) is 0 Å². The highest BCUT2D eigenvalue weighted by Crippen LogP contribution is 2.20. The van der Waals surface area contributed by atoms with Crippen LogP contribution in [0.1, 0.15) is 23.2 Å². The minimum absolute atomic E-state index is 0.0412. The second-order valence-electron chi connectivity index (χ2n) is 4.13. The average molecular weight is 333 g/mol. The summed E-state index contributed by atoms with van der Waals surface area (Å²) in [6.45, 7) is 0. The van der Waals surface area contributed by atoms with Crippen LogP contribution in [0.25, 0.3) is 0 Å². The van der Waals surface area contributed by atoms with E-state index >= 15 is 0 Å². The molecular weight excluding hydrogens is 320 g/mol. The van der Waals surface area contributed by atoms with E-state index in [-0.39, 0.29) is 17.2 Å². The first-order valence-electron chi connectivity index (χ1n) is 5.49. The summed E-state index contributed by atoms with van der Waals surface area (Å²) in [5.74, 6) is -0.0412. The van der Waals surface area contributed by atoms with E-state index < -0.39 is 10.2 Å². The third-order valence-corrected chi connectivity index (χ3v) is 4.14. The number of carbonyl (C=O) groups is 1. The minimum atomic E-state index is -3.50. The number of hydrogen-bond acceptors (Lipinski definition) is 3. The summed E-state index contributed by atoms with van der Waals surface area (Å²) in [6.07, 6.45) is 1.78. The Bertz CT molecular complexity index is 538. The molecule has 0 heterocycles. The van der Waals surface area contributed by atoms with E-state index in [4.69, 9.17) is 0 Å². The van der Waals surface area contributed by atoms with Gasteiger partial charge in [0.1, 0.15) is 0 Å². The number of benzene rings is 1. The number of carbonyl (C=O) groups excluding carboxylic acids is 1. The second-order valence-corrected chi connectivity index (χ2v) is 6.14. The minimum Gasteiger partial charge on any atom is -0.293 e. The van der Waals surface area contributed by atoms with Crippen molar-refractivity contribution in [2.45, 2.75) is 18.9 Å². The summed E-state index contributed by atoms with van der Waals surface area (Å²) in [7, 11) is -3.50. The molecule has 18 heavy (non-hydrogen) atoms. The molecular formula is C11H13BrN2O3S. The zero-order chi connectivity index (χ0) is 13.2. The van der Waals surface area contributed by atoms with Crippen LogP contribution in [0.5, 0.6) is 0 Å². The summed E-state index contributed by atoms with van der Waals surface area (Å²) >= 11 is 3.08. The quantitative estimate of drug-likeness (QED) is 0.614. The van der Waals surface area contributed by atoms with E-state index in [1.54, 1.807) is 24.3 Å². The van der Waals surface area contributed by atoms with E-state index in [1.165, 1.54) is 0 Å². The molecule has 2 N–H and O–H groups in total. The topological polar surface area (TPSA) is 75.3 Å². The van der Waals surface area contributed by atoms with Gasteiger partial charge < -0.3 is 0 Å². The van der Waals surface area contributed by atoms with Gasteiger partial charge in [0.2, 0.25) is 0 Å². The Morgan fingerprint density at radius 2 is 1.89 bits per heavy atom. The zero-order valence-electron chi connectivity index (χ0n) is 9.52. The lowest BCUT2D eigenvalue weighted by atomic mass is 10.1. The summed E-state index contributed by atoms with van der Waals surface area (Å²) in [4.78, 5) is 11.4. The fourth-order valence-corrected chi connectivity index (χ4v) is 2.91. The lowest BCUT2D eigenvalue weighted by Gasteiger charge is -2.08. The number of hydrogen-bond donors (Lipinski definition) is 2. The maximum atomic E-state index is 11.6. The second kappa shape index (κ2) is 5.38. The van der Waals surface area contributed by atoms with Gasteiger partial charge in [-0.25, -0.2) is 0 Å². The first kappa shape index (κ1) is 13.5. The van der Waals surface area contributed by atoms with Gasteiger partial charge in [0.05, 0.1) is 5.33 Å². The van der Waals surface area contributed by atoms with Crippen LogP contribution >= 0.6 is 15.9 Å². The normalized spacial score (nSPS) is 15.4. The molecule has 7 heteroatoms. The van der Waals surface area contributed by atoms with Gasteiger partial charge in [0.15, 0.2) is 5.78 Å². The number of anilines is 1. The fourth-order valence-electron chi connectivity index (χ4n) is 1.41. The van der Waals surface area contributed by atoms with E-state index in [0.29, 0.717) is 11.3 Å². The highest BCUT2D eigenvalue weighted by atomic mass is 79.9. The van der Waals surface area contributed by atoms with Gasteiger partial charge in [0, 0.05) is 17.3 Å². The van der Waals surface area contributed by atoms with Crippen LogP contribution in [0.3, 0.4) is 0 Å². The molecule has 1 aromatic rings. The van der Waals surface area contributed by atoms with Crippen LogP contribution in [-0.4, -0.2) is 25.6 Å². The molecule has 0 unspecified atom stereocenters. The molecule has 1 aromatic carbocycles. The van der Waals surface area contributed by atoms with Crippen LogP contribution in [0.15, 0.2) is 24.3 Å². The maximum Gasteiger partial charge on any atom is 0.299 e. The molecule has 0 aliphatic heterocycles. The Morgan fingerprint density at radius 1 is 1.28 bits per heavy atom. The number of rotatable bonds is 6. The molecule has 2 rings (SSSR count). The molecule has 1 saturated carbocycles. The lowest BCUT2D eigenvalue weighted by Crippen LogP contribution is -2.31. The smallest absolute Gasteiger partial charge is 0.293 e. The summed E-state index contributed by atoms with van der Waals surface area (Å²) in [5.41, 5.74) is 0.985. The molecule has 1 fully saturated rings. The van der Waals surface area contributed by atoms with Crippen molar-refractivity contribution in [1.82, 2.24) is 4.72 Å². The van der Waals surface area contributed by atoms with Gasteiger partial charge in [-0.05, 0) is 37.1 Å². The van der Waals surface area contributed by atoms with Crippen LogP contribution in [0.4, 0.5) is 5.69 Å². The molecule has 5 nitrogen and oxygen atoms in total. The summed E-state index contributed by atoms with van der Waals surface area (Å²) in [5, 5.41) is 0.251. The predicted molar refractivity (Wildman–Crippen MR) is 73.3 cm³/mol. The molecule has 1 aliphatic rings. The molecule has 0 saturated heterocycles. The summed E-state index contributed by atoms with van der Waals surface area (Å²) < 4.78 is 28.2. The molecule has 0 atom stereocenters. The first-order valence-corrected chi connectivity index (χ1v) is 8.10. The van der Waals surface area contributed by atoms with Gasteiger partial charge in [-0.1, -0.05) is 15.9 Å². The fraction of sp³-hybridized carbons (Fsp3) is 0.364. The number of nitrogens with one attached hydrogen (secondary N) is 2. The standard InChI is InChI=1S/C11H13BrN2O3S/c12-7-11(15)8-1-3-9(4-2-8)13-18(16,17)14-10-5-6-10/h1-4,10,13-14H,5-7H2.